The third-order valence-corrected chi connectivity index (χ3v) is 9.70. The molecule has 0 aromatic heterocycles. The Kier molecular flexibility index (Phi) is 10.3. The fraction of sp³-hybridized carbons (Fsp3) is 0.217. The number of aryl methyl sites for hydroxylation is 1. The molecule has 2 unspecified atom stereocenters. The second-order valence-corrected chi connectivity index (χ2v) is 13.0. The Hall–Kier alpha value is -5.88. The van der Waals surface area contributed by atoms with Gasteiger partial charge in [-0.1, -0.05) is 130 Å². The Morgan fingerprint density at radius 1 is 0.481 bits per heavy atom. The zero-order chi connectivity index (χ0) is 36.0. The van der Waals surface area contributed by atoms with Gasteiger partial charge in [0.25, 0.3) is 0 Å². The van der Waals surface area contributed by atoms with Crippen molar-refractivity contribution in [2.45, 2.75) is 52.2 Å². The van der Waals surface area contributed by atoms with Gasteiger partial charge >= 0.3 is 11.9 Å². The molecule has 0 saturated heterocycles. The molecule has 7 aromatic carbocycles. The maximum Gasteiger partial charge on any atom is 0.339 e. The first-order valence-electron chi connectivity index (χ1n) is 18.1. The van der Waals surface area contributed by atoms with Gasteiger partial charge in [-0.2, -0.15) is 0 Å². The van der Waals surface area contributed by atoms with Gasteiger partial charge in [-0.3, -0.25) is 0 Å². The number of esters is 2. The van der Waals surface area contributed by atoms with Crippen molar-refractivity contribution in [3.05, 3.63) is 144 Å². The number of hydrogen-bond donors (Lipinski definition) is 0. The minimum absolute atomic E-state index is 0.184. The topological polar surface area (TPSA) is 71.1 Å². The summed E-state index contributed by atoms with van der Waals surface area (Å²) < 4.78 is 25.3. The number of hydrogen-bond acceptors (Lipinski definition) is 6. The van der Waals surface area contributed by atoms with Crippen LogP contribution >= 0.6 is 0 Å². The van der Waals surface area contributed by atoms with Crippen molar-refractivity contribution >= 4 is 55.0 Å². The van der Waals surface area contributed by atoms with Gasteiger partial charge in [-0.05, 0) is 64.6 Å². The van der Waals surface area contributed by atoms with E-state index in [9.17, 15) is 9.59 Å². The molecule has 6 nitrogen and oxygen atoms in total. The first-order chi connectivity index (χ1) is 25.5. The molecule has 0 spiro atoms. The predicted molar refractivity (Wildman–Crippen MR) is 209 cm³/mol. The number of benzene rings is 7. The summed E-state index contributed by atoms with van der Waals surface area (Å²) in [5, 5.41) is 7.26. The second kappa shape index (κ2) is 15.6. The van der Waals surface area contributed by atoms with Gasteiger partial charge in [-0.25, -0.2) is 9.59 Å². The summed E-state index contributed by atoms with van der Waals surface area (Å²) >= 11 is 0. The largest absolute Gasteiger partial charge is 0.488 e. The zero-order valence-corrected chi connectivity index (χ0v) is 29.8. The van der Waals surface area contributed by atoms with E-state index in [0.717, 1.165) is 55.1 Å². The second-order valence-electron chi connectivity index (χ2n) is 13.0. The Labute approximate surface area is 303 Å². The Morgan fingerprint density at radius 2 is 0.904 bits per heavy atom. The highest BCUT2D eigenvalue weighted by molar-refractivity contribution is 6.11. The van der Waals surface area contributed by atoms with Crippen LogP contribution in [0.2, 0.25) is 0 Å². The van der Waals surface area contributed by atoms with Gasteiger partial charge in [0.05, 0.1) is 11.1 Å². The van der Waals surface area contributed by atoms with Crippen molar-refractivity contribution < 1.29 is 28.5 Å². The standard InChI is InChI=1S/C46H42O6/c1-4-30-25-26-39-42(27-30)44(50-29-34(6-3)52-46(48)41-24-14-18-32-16-8-10-20-36(32)41)38-22-12-11-21-37(38)43(39)49-28-33(5-2)51-45(47)40-23-13-17-31-15-7-9-19-35(31)40/h7-27,33-34H,4-6,28-29H2,1-3H3. The number of carbonyl (C=O) groups is 2. The molecule has 0 heterocycles. The first kappa shape index (κ1) is 34.6. The van der Waals surface area contributed by atoms with E-state index in [1.807, 2.05) is 111 Å². The molecule has 262 valence electrons. The van der Waals surface area contributed by atoms with Gasteiger partial charge in [0.1, 0.15) is 36.9 Å². The number of rotatable bonds is 13. The van der Waals surface area contributed by atoms with Crippen molar-refractivity contribution in [1.29, 1.82) is 0 Å². The smallest absolute Gasteiger partial charge is 0.339 e. The molecule has 0 aliphatic carbocycles. The maximum atomic E-state index is 13.4. The van der Waals surface area contributed by atoms with E-state index in [1.165, 1.54) is 0 Å². The van der Waals surface area contributed by atoms with E-state index >= 15 is 0 Å². The van der Waals surface area contributed by atoms with Crippen LogP contribution in [-0.4, -0.2) is 37.4 Å². The monoisotopic (exact) mass is 690 g/mol. The summed E-state index contributed by atoms with van der Waals surface area (Å²) in [6.45, 7) is 6.47. The van der Waals surface area contributed by atoms with Gasteiger partial charge in [0.15, 0.2) is 0 Å². The average Bonchev–Trinajstić information content (AvgIpc) is 3.20. The lowest BCUT2D eigenvalue weighted by Gasteiger charge is -2.23. The number of fused-ring (bicyclic) bond motifs is 4. The fourth-order valence-electron chi connectivity index (χ4n) is 6.74. The van der Waals surface area contributed by atoms with Crippen LogP contribution in [0.3, 0.4) is 0 Å². The van der Waals surface area contributed by atoms with Crippen LogP contribution in [0.1, 0.15) is 59.9 Å². The quantitative estimate of drug-likeness (QED) is 0.0886. The lowest BCUT2D eigenvalue weighted by molar-refractivity contribution is 0.0161. The molecule has 0 fully saturated rings. The van der Waals surface area contributed by atoms with Gasteiger partial charge in [-0.15, -0.1) is 0 Å². The molecule has 0 aliphatic heterocycles. The minimum atomic E-state index is -0.465. The van der Waals surface area contributed by atoms with E-state index in [0.29, 0.717) is 35.5 Å². The van der Waals surface area contributed by atoms with Gasteiger partial charge in [0, 0.05) is 21.5 Å². The Morgan fingerprint density at radius 3 is 1.38 bits per heavy atom. The summed E-state index contributed by atoms with van der Waals surface area (Å²) in [5.41, 5.74) is 2.23. The van der Waals surface area contributed by atoms with Crippen LogP contribution in [0, 0.1) is 0 Å². The average molecular weight is 691 g/mol. The third kappa shape index (κ3) is 7.02. The minimum Gasteiger partial charge on any atom is -0.488 e. The van der Waals surface area contributed by atoms with Crippen LogP contribution in [-0.2, 0) is 15.9 Å². The molecule has 0 N–H and O–H groups in total. The van der Waals surface area contributed by atoms with E-state index in [1.54, 1.807) is 12.1 Å². The molecular formula is C46H42O6. The summed E-state index contributed by atoms with van der Waals surface area (Å²) in [6, 6.07) is 41.3. The van der Waals surface area contributed by atoms with Crippen LogP contribution in [0.5, 0.6) is 11.5 Å². The maximum absolute atomic E-state index is 13.4. The molecule has 2 atom stereocenters. The molecule has 7 aromatic rings. The molecule has 0 amide bonds. The molecule has 52 heavy (non-hydrogen) atoms. The highest BCUT2D eigenvalue weighted by Gasteiger charge is 2.23. The van der Waals surface area contributed by atoms with Crippen molar-refractivity contribution in [2.75, 3.05) is 13.2 Å². The summed E-state index contributed by atoms with van der Waals surface area (Å²) in [4.78, 5) is 26.8. The molecular weight excluding hydrogens is 648 g/mol. The molecule has 0 radical (unpaired) electrons. The van der Waals surface area contributed by atoms with Crippen LogP contribution in [0.25, 0.3) is 43.1 Å². The highest BCUT2D eigenvalue weighted by atomic mass is 16.6. The fourth-order valence-corrected chi connectivity index (χ4v) is 6.74. The van der Waals surface area contributed by atoms with Crippen LogP contribution in [0.4, 0.5) is 0 Å². The van der Waals surface area contributed by atoms with Crippen molar-refractivity contribution in [3.8, 4) is 11.5 Å². The Balaban J connectivity index is 1.16. The van der Waals surface area contributed by atoms with Gasteiger partial charge in [0.2, 0.25) is 0 Å². The summed E-state index contributed by atoms with van der Waals surface area (Å²) in [5.74, 6) is 0.674. The SMILES string of the molecule is CCc1ccc2c(OCC(CC)OC(=O)c3cccc4ccccc34)c3ccccc3c(OCC(CC)OC(=O)c3cccc4ccccc34)c2c1. The van der Waals surface area contributed by atoms with Crippen molar-refractivity contribution in [3.63, 3.8) is 0 Å². The van der Waals surface area contributed by atoms with E-state index in [4.69, 9.17) is 18.9 Å². The lowest BCUT2D eigenvalue weighted by Crippen LogP contribution is -2.25. The summed E-state index contributed by atoms with van der Waals surface area (Å²) in [6.07, 6.45) is 1.09. The predicted octanol–water partition coefficient (Wildman–Crippen LogP) is 10.9. The number of ether oxygens (including phenoxy) is 4. The molecule has 6 heteroatoms. The molecule has 0 saturated carbocycles. The Bertz CT molecular complexity index is 2390. The number of carbonyl (C=O) groups excluding carboxylic acids is 2. The molecule has 0 aliphatic rings. The van der Waals surface area contributed by atoms with Crippen molar-refractivity contribution in [2.24, 2.45) is 0 Å². The van der Waals surface area contributed by atoms with Crippen molar-refractivity contribution in [1.82, 2.24) is 0 Å². The first-order valence-corrected chi connectivity index (χ1v) is 18.1. The molecule has 0 bridgehead atoms. The van der Waals surface area contributed by atoms with Crippen LogP contribution in [0.15, 0.2) is 127 Å². The zero-order valence-electron chi connectivity index (χ0n) is 29.8. The highest BCUT2D eigenvalue weighted by Crippen LogP contribution is 2.43. The summed E-state index contributed by atoms with van der Waals surface area (Å²) in [7, 11) is 0. The normalized spacial score (nSPS) is 12.5. The third-order valence-electron chi connectivity index (χ3n) is 9.70. The van der Waals surface area contributed by atoms with Gasteiger partial charge < -0.3 is 18.9 Å². The molecule has 7 rings (SSSR count). The van der Waals surface area contributed by atoms with E-state index in [2.05, 4.69) is 25.1 Å². The van der Waals surface area contributed by atoms with Crippen LogP contribution < -0.4 is 9.47 Å². The lowest BCUT2D eigenvalue weighted by atomic mass is 9.98. The van der Waals surface area contributed by atoms with E-state index < -0.39 is 12.2 Å². The van der Waals surface area contributed by atoms with E-state index in [-0.39, 0.29) is 25.2 Å².